The monoisotopic (exact) mass is 444 g/mol. The van der Waals surface area contributed by atoms with Gasteiger partial charge in [-0.25, -0.2) is 0 Å². The molecular weight excluding hydrogens is 420 g/mol. The molecule has 6 nitrogen and oxygen atoms in total. The number of carbonyl (C=O) groups is 1. The maximum Gasteiger partial charge on any atom is 0.241 e. The zero-order valence-electron chi connectivity index (χ0n) is 17.7. The van der Waals surface area contributed by atoms with E-state index in [1.54, 1.807) is 11.3 Å². The molecule has 0 bridgehead atoms. The molecule has 32 heavy (non-hydrogen) atoms. The number of hydrogen-bond donors (Lipinski definition) is 0. The van der Waals surface area contributed by atoms with Crippen molar-refractivity contribution in [1.29, 1.82) is 0 Å². The van der Waals surface area contributed by atoms with Crippen molar-refractivity contribution in [3.05, 3.63) is 83.6 Å². The SMILES string of the molecule is O=C(Cc1ccc(-c2ccccc2)cc1)N1CCN(Cc2nc(-c3cccs3)no2)CC1. The summed E-state index contributed by atoms with van der Waals surface area (Å²) in [6.45, 7) is 3.64. The van der Waals surface area contributed by atoms with E-state index in [0.717, 1.165) is 23.5 Å². The van der Waals surface area contributed by atoms with Gasteiger partial charge in [0.05, 0.1) is 17.8 Å². The number of rotatable bonds is 6. The van der Waals surface area contributed by atoms with E-state index in [-0.39, 0.29) is 5.91 Å². The van der Waals surface area contributed by atoms with Crippen LogP contribution in [0.3, 0.4) is 0 Å². The molecule has 0 radical (unpaired) electrons. The van der Waals surface area contributed by atoms with Crippen LogP contribution in [0.1, 0.15) is 11.5 Å². The summed E-state index contributed by atoms with van der Waals surface area (Å²) in [5.74, 6) is 1.43. The van der Waals surface area contributed by atoms with Gasteiger partial charge in [-0.1, -0.05) is 65.8 Å². The Balaban J connectivity index is 1.11. The fraction of sp³-hybridized carbons (Fsp3) is 0.240. The molecule has 1 saturated heterocycles. The van der Waals surface area contributed by atoms with Gasteiger partial charge in [-0.3, -0.25) is 9.69 Å². The van der Waals surface area contributed by atoms with Crippen LogP contribution in [0, 0.1) is 0 Å². The van der Waals surface area contributed by atoms with Crippen molar-refractivity contribution in [2.75, 3.05) is 26.2 Å². The molecule has 1 amide bonds. The number of aromatic nitrogens is 2. The van der Waals surface area contributed by atoms with Crippen molar-refractivity contribution in [2.45, 2.75) is 13.0 Å². The van der Waals surface area contributed by atoms with Gasteiger partial charge in [0.2, 0.25) is 17.6 Å². The maximum absolute atomic E-state index is 12.8. The first-order chi connectivity index (χ1) is 15.7. The molecule has 2 aromatic heterocycles. The molecule has 3 heterocycles. The quantitative estimate of drug-likeness (QED) is 0.442. The number of piperazine rings is 1. The second-order valence-corrected chi connectivity index (χ2v) is 8.83. The summed E-state index contributed by atoms with van der Waals surface area (Å²) >= 11 is 1.60. The standard InChI is InChI=1S/C25H24N4O2S/c30-24(17-19-8-10-21(11-9-19)20-5-2-1-3-6-20)29-14-12-28(13-15-29)18-23-26-25(27-31-23)22-7-4-16-32-22/h1-11,16H,12-15,17-18H2. The van der Waals surface area contributed by atoms with Crippen LogP contribution in [0.15, 0.2) is 76.6 Å². The molecule has 0 aliphatic carbocycles. The Morgan fingerprint density at radius 2 is 1.66 bits per heavy atom. The molecule has 0 N–H and O–H groups in total. The van der Waals surface area contributed by atoms with Gasteiger partial charge >= 0.3 is 0 Å². The molecule has 0 spiro atoms. The summed E-state index contributed by atoms with van der Waals surface area (Å²) in [7, 11) is 0. The van der Waals surface area contributed by atoms with E-state index in [1.807, 2.05) is 40.6 Å². The maximum atomic E-state index is 12.8. The highest BCUT2D eigenvalue weighted by molar-refractivity contribution is 7.13. The average molecular weight is 445 g/mol. The third kappa shape index (κ3) is 4.79. The van der Waals surface area contributed by atoms with Gasteiger partial charge in [-0.05, 0) is 28.1 Å². The predicted molar refractivity (Wildman–Crippen MR) is 125 cm³/mol. The molecule has 1 fully saturated rings. The molecule has 7 heteroatoms. The second-order valence-electron chi connectivity index (χ2n) is 7.89. The fourth-order valence-corrected chi connectivity index (χ4v) is 4.55. The zero-order valence-corrected chi connectivity index (χ0v) is 18.5. The molecule has 5 rings (SSSR count). The molecule has 2 aromatic carbocycles. The van der Waals surface area contributed by atoms with Gasteiger partial charge in [0, 0.05) is 26.2 Å². The normalized spacial score (nSPS) is 14.6. The Bertz CT molecular complexity index is 1150. The fourth-order valence-electron chi connectivity index (χ4n) is 3.90. The Morgan fingerprint density at radius 3 is 2.38 bits per heavy atom. The van der Waals surface area contributed by atoms with Crippen LogP contribution in [0.4, 0.5) is 0 Å². The molecule has 0 atom stereocenters. The highest BCUT2D eigenvalue weighted by Crippen LogP contribution is 2.22. The van der Waals surface area contributed by atoms with Crippen molar-refractivity contribution >= 4 is 17.2 Å². The Hall–Kier alpha value is -3.29. The number of benzene rings is 2. The lowest BCUT2D eigenvalue weighted by Crippen LogP contribution is -2.48. The van der Waals surface area contributed by atoms with Crippen molar-refractivity contribution in [3.8, 4) is 21.8 Å². The molecule has 0 saturated carbocycles. The first-order valence-electron chi connectivity index (χ1n) is 10.8. The molecule has 0 unspecified atom stereocenters. The highest BCUT2D eigenvalue weighted by atomic mass is 32.1. The van der Waals surface area contributed by atoms with E-state index >= 15 is 0 Å². The number of carbonyl (C=O) groups excluding carboxylic acids is 1. The van der Waals surface area contributed by atoms with Crippen molar-refractivity contribution in [3.63, 3.8) is 0 Å². The van der Waals surface area contributed by atoms with Gasteiger partial charge < -0.3 is 9.42 Å². The van der Waals surface area contributed by atoms with Crippen molar-refractivity contribution in [1.82, 2.24) is 19.9 Å². The summed E-state index contributed by atoms with van der Waals surface area (Å²) < 4.78 is 5.41. The lowest BCUT2D eigenvalue weighted by Gasteiger charge is -2.34. The van der Waals surface area contributed by atoms with E-state index in [9.17, 15) is 4.79 Å². The van der Waals surface area contributed by atoms with Gasteiger partial charge in [0.25, 0.3) is 0 Å². The summed E-state index contributed by atoms with van der Waals surface area (Å²) in [6.07, 6.45) is 0.433. The van der Waals surface area contributed by atoms with E-state index < -0.39 is 0 Å². The molecule has 1 aliphatic heterocycles. The molecule has 1 aliphatic rings. The first-order valence-corrected chi connectivity index (χ1v) is 11.6. The predicted octanol–water partition coefficient (Wildman–Crippen LogP) is 4.35. The smallest absolute Gasteiger partial charge is 0.241 e. The van der Waals surface area contributed by atoms with Gasteiger partial charge in [0.15, 0.2) is 0 Å². The summed E-state index contributed by atoms with van der Waals surface area (Å²) in [4.78, 5) is 22.5. The molecule has 162 valence electrons. The third-order valence-electron chi connectivity index (χ3n) is 5.71. The highest BCUT2D eigenvalue weighted by Gasteiger charge is 2.23. The van der Waals surface area contributed by atoms with Crippen LogP contribution in [-0.4, -0.2) is 52.0 Å². The van der Waals surface area contributed by atoms with Crippen LogP contribution in [0.25, 0.3) is 21.8 Å². The van der Waals surface area contributed by atoms with Crippen molar-refractivity contribution < 1.29 is 9.32 Å². The van der Waals surface area contributed by atoms with Crippen LogP contribution in [0.5, 0.6) is 0 Å². The summed E-state index contributed by atoms with van der Waals surface area (Å²) in [6, 6.07) is 22.5. The van der Waals surface area contributed by atoms with Crippen LogP contribution in [0.2, 0.25) is 0 Å². The van der Waals surface area contributed by atoms with Crippen LogP contribution >= 0.6 is 11.3 Å². The Labute approximate surface area is 191 Å². The van der Waals surface area contributed by atoms with Crippen molar-refractivity contribution in [2.24, 2.45) is 0 Å². The minimum absolute atomic E-state index is 0.176. The summed E-state index contributed by atoms with van der Waals surface area (Å²) in [5.41, 5.74) is 3.40. The minimum Gasteiger partial charge on any atom is -0.340 e. The minimum atomic E-state index is 0.176. The lowest BCUT2D eigenvalue weighted by molar-refractivity contribution is -0.132. The average Bonchev–Trinajstić information content (AvgIpc) is 3.53. The molecular formula is C25H24N4O2S. The summed E-state index contributed by atoms with van der Waals surface area (Å²) in [5, 5.41) is 6.07. The number of thiophene rings is 1. The Morgan fingerprint density at radius 1 is 0.906 bits per heavy atom. The zero-order chi connectivity index (χ0) is 21.8. The van der Waals surface area contributed by atoms with E-state index in [4.69, 9.17) is 4.52 Å². The number of nitrogens with zero attached hydrogens (tertiary/aromatic N) is 4. The van der Waals surface area contributed by atoms with Gasteiger partial charge in [-0.15, -0.1) is 11.3 Å². The van der Waals surface area contributed by atoms with Gasteiger partial charge in [0.1, 0.15) is 0 Å². The van der Waals surface area contributed by atoms with E-state index in [1.165, 1.54) is 11.1 Å². The van der Waals surface area contributed by atoms with Crippen LogP contribution in [-0.2, 0) is 17.8 Å². The van der Waals surface area contributed by atoms with E-state index in [0.29, 0.717) is 37.8 Å². The van der Waals surface area contributed by atoms with Gasteiger partial charge in [-0.2, -0.15) is 4.98 Å². The third-order valence-corrected chi connectivity index (χ3v) is 6.58. The first kappa shape index (κ1) is 20.6. The largest absolute Gasteiger partial charge is 0.340 e. The topological polar surface area (TPSA) is 62.5 Å². The number of amides is 1. The van der Waals surface area contributed by atoms with E-state index in [2.05, 4.69) is 51.4 Å². The number of hydrogen-bond acceptors (Lipinski definition) is 6. The van der Waals surface area contributed by atoms with Crippen LogP contribution < -0.4 is 0 Å². The molecule has 4 aromatic rings. The second kappa shape index (κ2) is 9.46. The Kier molecular flexibility index (Phi) is 6.09. The lowest BCUT2D eigenvalue weighted by atomic mass is 10.0.